The fourth-order valence-corrected chi connectivity index (χ4v) is 3.37. The van der Waals surface area contributed by atoms with Gasteiger partial charge in [0.25, 0.3) is 0 Å². The standard InChI is InChI=1S/C15H27ClN2S/c1-6-15(7-2,10-16)11-17-8-13-18-12(9-19-13)14(3,4)5/h9,17H,6-8,10-11H2,1-5H3. The van der Waals surface area contributed by atoms with Gasteiger partial charge in [-0.15, -0.1) is 22.9 Å². The van der Waals surface area contributed by atoms with Crippen LogP contribution < -0.4 is 5.32 Å². The highest BCUT2D eigenvalue weighted by Gasteiger charge is 2.24. The number of halogens is 1. The van der Waals surface area contributed by atoms with E-state index in [1.165, 1.54) is 10.7 Å². The Morgan fingerprint density at radius 3 is 2.32 bits per heavy atom. The molecule has 1 heterocycles. The van der Waals surface area contributed by atoms with Crippen molar-refractivity contribution in [1.29, 1.82) is 0 Å². The van der Waals surface area contributed by atoms with Gasteiger partial charge in [-0.25, -0.2) is 4.98 Å². The lowest BCUT2D eigenvalue weighted by Gasteiger charge is -2.29. The average Bonchev–Trinajstić information content (AvgIpc) is 2.84. The SMILES string of the molecule is CCC(CC)(CCl)CNCc1nc(C(C)(C)C)cs1. The molecule has 0 spiro atoms. The largest absolute Gasteiger partial charge is 0.310 e. The molecule has 0 radical (unpaired) electrons. The lowest BCUT2D eigenvalue weighted by atomic mass is 9.84. The van der Waals surface area contributed by atoms with Crippen LogP contribution in [0.5, 0.6) is 0 Å². The first-order valence-corrected chi connectivity index (χ1v) is 8.50. The van der Waals surface area contributed by atoms with Crippen molar-refractivity contribution in [3.63, 3.8) is 0 Å². The maximum absolute atomic E-state index is 6.12. The monoisotopic (exact) mass is 302 g/mol. The molecule has 0 aliphatic heterocycles. The zero-order valence-corrected chi connectivity index (χ0v) is 14.4. The second kappa shape index (κ2) is 7.05. The average molecular weight is 303 g/mol. The van der Waals surface area contributed by atoms with E-state index in [0.29, 0.717) is 0 Å². The normalized spacial score (nSPS) is 12.9. The van der Waals surface area contributed by atoms with Gasteiger partial charge in [-0.05, 0) is 18.3 Å². The van der Waals surface area contributed by atoms with Crippen molar-refractivity contribution >= 4 is 22.9 Å². The molecule has 0 saturated carbocycles. The molecule has 0 aromatic carbocycles. The van der Waals surface area contributed by atoms with E-state index in [0.717, 1.165) is 31.8 Å². The first kappa shape index (κ1) is 16.9. The topological polar surface area (TPSA) is 24.9 Å². The van der Waals surface area contributed by atoms with Crippen molar-refractivity contribution in [2.24, 2.45) is 5.41 Å². The molecule has 4 heteroatoms. The number of hydrogen-bond acceptors (Lipinski definition) is 3. The molecular formula is C15H27ClN2S. The Labute approximate surface area is 127 Å². The van der Waals surface area contributed by atoms with Crippen LogP contribution in [0, 0.1) is 5.41 Å². The highest BCUT2D eigenvalue weighted by atomic mass is 35.5. The highest BCUT2D eigenvalue weighted by Crippen LogP contribution is 2.27. The molecule has 2 nitrogen and oxygen atoms in total. The van der Waals surface area contributed by atoms with Gasteiger partial charge in [-0.3, -0.25) is 0 Å². The predicted octanol–water partition coefficient (Wildman–Crippen LogP) is 4.58. The third-order valence-corrected chi connectivity index (χ3v) is 5.30. The maximum Gasteiger partial charge on any atom is 0.107 e. The third kappa shape index (κ3) is 4.73. The molecule has 0 aliphatic carbocycles. The van der Waals surface area contributed by atoms with Gasteiger partial charge in [0.05, 0.1) is 5.69 Å². The van der Waals surface area contributed by atoms with E-state index in [9.17, 15) is 0 Å². The van der Waals surface area contributed by atoms with Gasteiger partial charge in [0.1, 0.15) is 5.01 Å². The van der Waals surface area contributed by atoms with Gasteiger partial charge >= 0.3 is 0 Å². The smallest absolute Gasteiger partial charge is 0.107 e. The molecule has 1 rings (SSSR count). The summed E-state index contributed by atoms with van der Waals surface area (Å²) >= 11 is 7.86. The highest BCUT2D eigenvalue weighted by molar-refractivity contribution is 7.09. The Balaban J connectivity index is 2.51. The van der Waals surface area contributed by atoms with Gasteiger partial charge in [-0.2, -0.15) is 0 Å². The van der Waals surface area contributed by atoms with E-state index in [-0.39, 0.29) is 10.8 Å². The van der Waals surface area contributed by atoms with E-state index in [4.69, 9.17) is 16.6 Å². The molecular weight excluding hydrogens is 276 g/mol. The van der Waals surface area contributed by atoms with Crippen LogP contribution in [0.3, 0.4) is 0 Å². The summed E-state index contributed by atoms with van der Waals surface area (Å²) in [4.78, 5) is 4.70. The Morgan fingerprint density at radius 1 is 1.26 bits per heavy atom. The maximum atomic E-state index is 6.12. The molecule has 19 heavy (non-hydrogen) atoms. The second-order valence-corrected chi connectivity index (χ2v) is 7.53. The summed E-state index contributed by atoms with van der Waals surface area (Å²) in [5.41, 5.74) is 1.55. The minimum atomic E-state index is 0.140. The van der Waals surface area contributed by atoms with Crippen molar-refractivity contribution < 1.29 is 0 Å². The predicted molar refractivity (Wildman–Crippen MR) is 86.3 cm³/mol. The number of hydrogen-bond donors (Lipinski definition) is 1. The van der Waals surface area contributed by atoms with Crippen LogP contribution >= 0.6 is 22.9 Å². The van der Waals surface area contributed by atoms with Gasteiger partial charge < -0.3 is 5.32 Å². The van der Waals surface area contributed by atoms with Crippen LogP contribution in [0.25, 0.3) is 0 Å². The van der Waals surface area contributed by atoms with Crippen LogP contribution in [0.2, 0.25) is 0 Å². The number of aromatic nitrogens is 1. The molecule has 0 bridgehead atoms. The van der Waals surface area contributed by atoms with Crippen molar-refractivity contribution in [3.05, 3.63) is 16.1 Å². The van der Waals surface area contributed by atoms with Crippen LogP contribution in [-0.4, -0.2) is 17.4 Å². The molecule has 1 N–H and O–H groups in total. The second-order valence-electron chi connectivity index (χ2n) is 6.32. The molecule has 0 fully saturated rings. The number of thiazole rings is 1. The Hall–Kier alpha value is -0.120. The molecule has 0 saturated heterocycles. The zero-order valence-electron chi connectivity index (χ0n) is 12.8. The van der Waals surface area contributed by atoms with Crippen molar-refractivity contribution in [1.82, 2.24) is 10.3 Å². The van der Waals surface area contributed by atoms with Crippen molar-refractivity contribution in [2.45, 2.75) is 59.4 Å². The molecule has 0 aliphatic rings. The number of rotatable bonds is 7. The summed E-state index contributed by atoms with van der Waals surface area (Å²) in [7, 11) is 0. The van der Waals surface area contributed by atoms with E-state index in [2.05, 4.69) is 45.3 Å². The molecule has 0 atom stereocenters. The minimum Gasteiger partial charge on any atom is -0.310 e. The quantitative estimate of drug-likeness (QED) is 0.746. The summed E-state index contributed by atoms with van der Waals surface area (Å²) in [5, 5.41) is 6.86. The lowest BCUT2D eigenvalue weighted by Crippen LogP contribution is -2.34. The van der Waals surface area contributed by atoms with E-state index < -0.39 is 0 Å². The number of nitrogens with one attached hydrogen (secondary N) is 1. The number of nitrogens with zero attached hydrogens (tertiary/aromatic N) is 1. The molecule has 0 unspecified atom stereocenters. The Bertz CT molecular complexity index is 369. The first-order chi connectivity index (χ1) is 8.87. The van der Waals surface area contributed by atoms with E-state index >= 15 is 0 Å². The van der Waals surface area contributed by atoms with Gasteiger partial charge in [0.2, 0.25) is 0 Å². The van der Waals surface area contributed by atoms with Crippen LogP contribution in [-0.2, 0) is 12.0 Å². The van der Waals surface area contributed by atoms with Crippen LogP contribution in [0.4, 0.5) is 0 Å². The zero-order chi connectivity index (χ0) is 14.5. The van der Waals surface area contributed by atoms with Gasteiger partial charge in [0.15, 0.2) is 0 Å². The first-order valence-electron chi connectivity index (χ1n) is 7.08. The van der Waals surface area contributed by atoms with E-state index in [1.807, 2.05) is 0 Å². The fourth-order valence-electron chi connectivity index (χ4n) is 1.91. The lowest BCUT2D eigenvalue weighted by molar-refractivity contribution is 0.286. The Kier molecular flexibility index (Phi) is 6.28. The van der Waals surface area contributed by atoms with Gasteiger partial charge in [-0.1, -0.05) is 34.6 Å². The summed E-state index contributed by atoms with van der Waals surface area (Å²) in [6.45, 7) is 12.8. The Morgan fingerprint density at radius 2 is 1.89 bits per heavy atom. The summed E-state index contributed by atoms with van der Waals surface area (Å²) in [6.07, 6.45) is 2.23. The van der Waals surface area contributed by atoms with E-state index in [1.54, 1.807) is 11.3 Å². The van der Waals surface area contributed by atoms with Crippen molar-refractivity contribution in [2.75, 3.05) is 12.4 Å². The third-order valence-electron chi connectivity index (χ3n) is 3.88. The molecule has 0 amide bonds. The fraction of sp³-hybridized carbons (Fsp3) is 0.800. The van der Waals surface area contributed by atoms with Crippen molar-refractivity contribution in [3.8, 4) is 0 Å². The summed E-state index contributed by atoms with van der Waals surface area (Å²) in [6, 6.07) is 0. The molecule has 1 aromatic heterocycles. The van der Waals surface area contributed by atoms with Crippen LogP contribution in [0.1, 0.15) is 58.2 Å². The molecule has 1 aromatic rings. The summed E-state index contributed by atoms with van der Waals surface area (Å²) < 4.78 is 0. The minimum absolute atomic E-state index is 0.140. The number of alkyl halides is 1. The molecule has 110 valence electrons. The summed E-state index contributed by atoms with van der Waals surface area (Å²) in [5.74, 6) is 0.720. The van der Waals surface area contributed by atoms with Gasteiger partial charge in [0, 0.05) is 29.8 Å². The van der Waals surface area contributed by atoms with Crippen LogP contribution in [0.15, 0.2) is 5.38 Å².